The number of nitrogens with two attached hydrogens (primary N) is 1. The SMILES string of the molecule is CC(C)C[C@](C)(N)COc1ccc(-c2ccnc(OC(=O)N(C)C(=O)OC(C)(C)C)n2)cc1F. The number of carbonyl (C=O) groups excluding carboxylic acids is 2. The minimum absolute atomic E-state index is 0.0730. The van der Waals surface area contributed by atoms with Crippen molar-refractivity contribution in [1.29, 1.82) is 0 Å². The van der Waals surface area contributed by atoms with Crippen molar-refractivity contribution in [3.63, 3.8) is 0 Å². The zero-order valence-corrected chi connectivity index (χ0v) is 20.7. The Morgan fingerprint density at radius 1 is 1.15 bits per heavy atom. The van der Waals surface area contributed by atoms with Crippen LogP contribution in [0.5, 0.6) is 11.8 Å². The molecular weight excluding hydrogens is 443 g/mol. The Balaban J connectivity index is 2.09. The van der Waals surface area contributed by atoms with Gasteiger partial charge < -0.3 is 19.9 Å². The van der Waals surface area contributed by atoms with Crippen molar-refractivity contribution >= 4 is 12.2 Å². The van der Waals surface area contributed by atoms with Crippen LogP contribution in [-0.2, 0) is 4.74 Å². The number of hydrogen-bond acceptors (Lipinski definition) is 8. The Hall–Kier alpha value is -3.27. The largest absolute Gasteiger partial charge is 0.489 e. The fourth-order valence-electron chi connectivity index (χ4n) is 3.11. The van der Waals surface area contributed by atoms with Gasteiger partial charge in [0.1, 0.15) is 12.2 Å². The van der Waals surface area contributed by atoms with Crippen molar-refractivity contribution in [1.82, 2.24) is 14.9 Å². The number of carbonyl (C=O) groups is 2. The monoisotopic (exact) mass is 476 g/mol. The molecule has 34 heavy (non-hydrogen) atoms. The van der Waals surface area contributed by atoms with Gasteiger partial charge in [0.25, 0.3) is 0 Å². The highest BCUT2D eigenvalue weighted by atomic mass is 19.1. The molecule has 9 nitrogen and oxygen atoms in total. The summed E-state index contributed by atoms with van der Waals surface area (Å²) >= 11 is 0. The molecular formula is C24H33FN4O5. The highest BCUT2D eigenvalue weighted by Crippen LogP contribution is 2.26. The summed E-state index contributed by atoms with van der Waals surface area (Å²) < 4.78 is 30.4. The average Bonchev–Trinajstić information content (AvgIpc) is 2.70. The van der Waals surface area contributed by atoms with Crippen LogP contribution < -0.4 is 15.2 Å². The van der Waals surface area contributed by atoms with Gasteiger partial charge in [0, 0.05) is 24.3 Å². The average molecular weight is 477 g/mol. The number of nitrogens with zero attached hydrogens (tertiary/aromatic N) is 3. The number of hydrogen-bond donors (Lipinski definition) is 1. The van der Waals surface area contributed by atoms with Crippen LogP contribution in [0.3, 0.4) is 0 Å². The third-order valence-electron chi connectivity index (χ3n) is 4.41. The molecule has 2 amide bonds. The van der Waals surface area contributed by atoms with Gasteiger partial charge in [-0.25, -0.2) is 23.9 Å². The summed E-state index contributed by atoms with van der Waals surface area (Å²) in [6.45, 7) is 11.2. The molecule has 2 rings (SSSR count). The predicted octanol–water partition coefficient (Wildman–Crippen LogP) is 4.79. The van der Waals surface area contributed by atoms with Crippen molar-refractivity contribution < 1.29 is 28.2 Å². The topological polar surface area (TPSA) is 117 Å². The first kappa shape index (κ1) is 27.0. The Bertz CT molecular complexity index is 1020. The summed E-state index contributed by atoms with van der Waals surface area (Å²) in [6.07, 6.45) is 0.186. The minimum Gasteiger partial charge on any atom is -0.489 e. The molecule has 0 spiro atoms. The van der Waals surface area contributed by atoms with Crippen LogP contribution in [0, 0.1) is 11.7 Å². The second-order valence-corrected chi connectivity index (χ2v) is 9.82. The summed E-state index contributed by atoms with van der Waals surface area (Å²) in [5, 5.41) is 0. The normalized spacial score (nSPS) is 13.2. The van der Waals surface area contributed by atoms with Crippen LogP contribution in [-0.4, -0.2) is 51.8 Å². The second-order valence-electron chi connectivity index (χ2n) is 9.82. The summed E-state index contributed by atoms with van der Waals surface area (Å²) in [6, 6.07) is 5.59. The zero-order chi connectivity index (χ0) is 25.7. The number of imide groups is 1. The van der Waals surface area contributed by atoms with Gasteiger partial charge in [0.2, 0.25) is 0 Å². The lowest BCUT2D eigenvalue weighted by Crippen LogP contribution is -2.43. The third kappa shape index (κ3) is 8.26. The number of benzene rings is 1. The summed E-state index contributed by atoms with van der Waals surface area (Å²) in [7, 11) is 1.21. The molecule has 0 radical (unpaired) electrons. The molecule has 1 aromatic carbocycles. The van der Waals surface area contributed by atoms with E-state index in [1.54, 1.807) is 26.8 Å². The highest BCUT2D eigenvalue weighted by Gasteiger charge is 2.26. The maximum absolute atomic E-state index is 14.7. The van der Waals surface area contributed by atoms with Crippen LogP contribution in [0.4, 0.5) is 14.0 Å². The van der Waals surface area contributed by atoms with Gasteiger partial charge in [-0.1, -0.05) is 13.8 Å². The first-order chi connectivity index (χ1) is 15.7. The summed E-state index contributed by atoms with van der Waals surface area (Å²) in [5.74, 6) is -0.126. The first-order valence-electron chi connectivity index (χ1n) is 10.9. The van der Waals surface area contributed by atoms with E-state index in [9.17, 15) is 14.0 Å². The maximum Gasteiger partial charge on any atom is 0.426 e. The molecule has 0 aliphatic rings. The smallest absolute Gasteiger partial charge is 0.426 e. The lowest BCUT2D eigenvalue weighted by molar-refractivity contribution is 0.0319. The molecule has 1 heterocycles. The second kappa shape index (κ2) is 10.8. The minimum atomic E-state index is -1.02. The molecule has 2 aromatic rings. The van der Waals surface area contributed by atoms with Gasteiger partial charge in [-0.2, -0.15) is 4.98 Å². The van der Waals surface area contributed by atoms with Crippen LogP contribution in [0.15, 0.2) is 30.5 Å². The van der Waals surface area contributed by atoms with Crippen LogP contribution in [0.2, 0.25) is 0 Å². The van der Waals surface area contributed by atoms with Crippen LogP contribution >= 0.6 is 0 Å². The van der Waals surface area contributed by atoms with E-state index in [-0.39, 0.29) is 18.4 Å². The summed E-state index contributed by atoms with van der Waals surface area (Å²) in [5.41, 5.74) is 5.59. The molecule has 0 aliphatic heterocycles. The van der Waals surface area contributed by atoms with E-state index < -0.39 is 29.1 Å². The maximum atomic E-state index is 14.7. The van der Waals surface area contributed by atoms with Crippen molar-refractivity contribution in [2.45, 2.75) is 59.1 Å². The van der Waals surface area contributed by atoms with E-state index >= 15 is 0 Å². The quantitative estimate of drug-likeness (QED) is 0.606. The fourth-order valence-corrected chi connectivity index (χ4v) is 3.11. The molecule has 1 atom stereocenters. The van der Waals surface area contributed by atoms with Gasteiger partial charge in [0.05, 0.1) is 5.69 Å². The molecule has 0 bridgehead atoms. The molecule has 0 fully saturated rings. The molecule has 186 valence electrons. The predicted molar refractivity (Wildman–Crippen MR) is 125 cm³/mol. The lowest BCUT2D eigenvalue weighted by Gasteiger charge is -2.26. The molecule has 0 saturated carbocycles. The number of amides is 2. The van der Waals surface area contributed by atoms with Crippen molar-refractivity contribution in [2.24, 2.45) is 11.7 Å². The van der Waals surface area contributed by atoms with Crippen molar-refractivity contribution in [3.05, 3.63) is 36.3 Å². The van der Waals surface area contributed by atoms with Crippen LogP contribution in [0.25, 0.3) is 11.3 Å². The molecule has 0 aliphatic carbocycles. The molecule has 1 aromatic heterocycles. The van der Waals surface area contributed by atoms with Gasteiger partial charge >= 0.3 is 18.2 Å². The van der Waals surface area contributed by atoms with Crippen LogP contribution in [0.1, 0.15) is 48.0 Å². The molecule has 10 heteroatoms. The van der Waals surface area contributed by atoms with E-state index in [1.165, 1.54) is 31.4 Å². The number of rotatable bonds is 7. The van der Waals surface area contributed by atoms with E-state index in [4.69, 9.17) is 19.9 Å². The lowest BCUT2D eigenvalue weighted by atomic mass is 9.93. The first-order valence-corrected chi connectivity index (χ1v) is 10.9. The Labute approximate surface area is 199 Å². The van der Waals surface area contributed by atoms with Gasteiger partial charge in [-0.3, -0.25) is 0 Å². The number of halogens is 1. The zero-order valence-electron chi connectivity index (χ0n) is 20.7. The van der Waals surface area contributed by atoms with Gasteiger partial charge in [-0.05, 0) is 64.3 Å². The van der Waals surface area contributed by atoms with Crippen molar-refractivity contribution in [2.75, 3.05) is 13.7 Å². The highest BCUT2D eigenvalue weighted by molar-refractivity contribution is 5.88. The Morgan fingerprint density at radius 3 is 2.41 bits per heavy atom. The van der Waals surface area contributed by atoms with Gasteiger partial charge in [0.15, 0.2) is 11.6 Å². The number of ether oxygens (including phenoxy) is 3. The van der Waals surface area contributed by atoms with E-state index in [1.807, 2.05) is 6.92 Å². The Kier molecular flexibility index (Phi) is 8.55. The van der Waals surface area contributed by atoms with E-state index in [0.717, 1.165) is 6.42 Å². The van der Waals surface area contributed by atoms with Crippen molar-refractivity contribution in [3.8, 4) is 23.0 Å². The Morgan fingerprint density at radius 2 is 1.82 bits per heavy atom. The molecule has 0 saturated heterocycles. The van der Waals surface area contributed by atoms with E-state index in [2.05, 4.69) is 23.8 Å². The van der Waals surface area contributed by atoms with Gasteiger partial charge in [-0.15, -0.1) is 0 Å². The number of aromatic nitrogens is 2. The molecule has 0 unspecified atom stereocenters. The third-order valence-corrected chi connectivity index (χ3v) is 4.41. The summed E-state index contributed by atoms with van der Waals surface area (Å²) in [4.78, 5) is 32.9. The molecule has 2 N–H and O–H groups in total. The fraction of sp³-hybridized carbons (Fsp3) is 0.500. The van der Waals surface area contributed by atoms with E-state index in [0.29, 0.717) is 22.1 Å². The standard InChI is InChI=1S/C24H33FN4O5/c1-15(2)13-24(6,26)14-32-19-9-8-16(12-17(19)25)18-10-11-27-20(28-18)33-21(30)29(7)22(31)34-23(3,4)5/h8-12,15H,13-14,26H2,1-7H3/t24-/m0/s1.